The van der Waals surface area contributed by atoms with Gasteiger partial charge in [-0.3, -0.25) is 0 Å². The molecule has 2 aromatic carbocycles. The third-order valence-electron chi connectivity index (χ3n) is 6.20. The smallest absolute Gasteiger partial charge is 0.407 e. The molecule has 0 bridgehead atoms. The highest BCUT2D eigenvalue weighted by Crippen LogP contribution is 2.46. The van der Waals surface area contributed by atoms with E-state index < -0.39 is 17.8 Å². The van der Waals surface area contributed by atoms with Crippen LogP contribution < -0.4 is 5.32 Å². The van der Waals surface area contributed by atoms with Crippen molar-refractivity contribution in [1.29, 1.82) is 0 Å². The van der Waals surface area contributed by atoms with Gasteiger partial charge in [0.1, 0.15) is 5.60 Å². The van der Waals surface area contributed by atoms with Crippen LogP contribution in [0.3, 0.4) is 0 Å². The zero-order chi connectivity index (χ0) is 24.6. The van der Waals surface area contributed by atoms with Crippen molar-refractivity contribution in [3.05, 3.63) is 59.7 Å². The van der Waals surface area contributed by atoms with E-state index in [4.69, 9.17) is 4.74 Å². The number of fused-ring (bicyclic) bond motifs is 3. The minimum absolute atomic E-state index is 0.242. The Morgan fingerprint density at radius 2 is 1.44 bits per heavy atom. The summed E-state index contributed by atoms with van der Waals surface area (Å²) < 4.78 is 5.18. The maximum Gasteiger partial charge on any atom is 0.407 e. The number of rotatable bonds is 11. The first kappa shape index (κ1) is 25.6. The van der Waals surface area contributed by atoms with E-state index >= 15 is 0 Å². The Hall–Kier alpha value is -3.02. The molecule has 0 unspecified atom stereocenters. The number of nitrogens with zero attached hydrogens (tertiary/aromatic N) is 1. The number of hydrogen-bond donors (Lipinski definition) is 2. The topological polar surface area (TPSA) is 78.9 Å². The minimum Gasteiger partial charge on any atom is -0.465 e. The number of carbonyl (C=O) groups excluding carboxylic acids is 1. The molecule has 3 rings (SSSR count). The number of benzene rings is 2. The van der Waals surface area contributed by atoms with Gasteiger partial charge in [-0.2, -0.15) is 0 Å². The molecule has 0 atom stereocenters. The summed E-state index contributed by atoms with van der Waals surface area (Å²) in [6, 6.07) is 17.5. The standard InChI is InChI=1S/C28H38N2O4/c1-28(2,3)34-26(31)29-18-20-30(27(32)33)19-12-6-4-5-7-13-21-22-14-8-10-16-24(22)25-17-11-9-15-23(21)25/h8-11,14-17,21H,4-7,12-13,18-20H2,1-3H3,(H,29,31)(H,32,33). The van der Waals surface area contributed by atoms with Crippen molar-refractivity contribution in [1.82, 2.24) is 10.2 Å². The molecule has 2 N–H and O–H groups in total. The van der Waals surface area contributed by atoms with E-state index in [9.17, 15) is 14.7 Å². The van der Waals surface area contributed by atoms with Crippen LogP contribution in [0.1, 0.15) is 76.3 Å². The van der Waals surface area contributed by atoms with Crippen LogP contribution >= 0.6 is 0 Å². The van der Waals surface area contributed by atoms with Crippen LogP contribution in [-0.2, 0) is 4.74 Å². The Kier molecular flexibility index (Phi) is 8.97. The van der Waals surface area contributed by atoms with E-state index in [0.29, 0.717) is 12.5 Å². The lowest BCUT2D eigenvalue weighted by Gasteiger charge is -2.22. The fourth-order valence-electron chi connectivity index (χ4n) is 4.66. The number of unbranched alkanes of at least 4 members (excludes halogenated alkanes) is 4. The zero-order valence-corrected chi connectivity index (χ0v) is 20.7. The second kappa shape index (κ2) is 11.9. The highest BCUT2D eigenvalue weighted by atomic mass is 16.6. The summed E-state index contributed by atoms with van der Waals surface area (Å²) in [5.41, 5.74) is 5.07. The Labute approximate surface area is 203 Å². The van der Waals surface area contributed by atoms with Crippen molar-refractivity contribution in [2.24, 2.45) is 0 Å². The molecule has 0 fully saturated rings. The lowest BCUT2D eigenvalue weighted by atomic mass is 9.91. The van der Waals surface area contributed by atoms with Crippen molar-refractivity contribution in [3.8, 4) is 11.1 Å². The summed E-state index contributed by atoms with van der Waals surface area (Å²) in [7, 11) is 0. The van der Waals surface area contributed by atoms with Crippen molar-refractivity contribution in [2.75, 3.05) is 19.6 Å². The SMILES string of the molecule is CC(C)(C)OC(=O)NCCN(CCCCCCCC1c2ccccc2-c2ccccc21)C(=O)O. The molecule has 0 aliphatic heterocycles. The molecule has 0 heterocycles. The maximum absolute atomic E-state index is 11.7. The Bertz CT molecular complexity index is 921. The molecule has 0 spiro atoms. The molecule has 6 nitrogen and oxygen atoms in total. The number of hydrogen-bond acceptors (Lipinski definition) is 3. The van der Waals surface area contributed by atoms with Gasteiger partial charge in [0.2, 0.25) is 0 Å². The number of alkyl carbamates (subject to hydrolysis) is 1. The van der Waals surface area contributed by atoms with E-state index in [2.05, 4.69) is 53.8 Å². The van der Waals surface area contributed by atoms with Crippen LogP contribution in [0.4, 0.5) is 9.59 Å². The molecule has 184 valence electrons. The van der Waals surface area contributed by atoms with Gasteiger partial charge < -0.3 is 20.1 Å². The van der Waals surface area contributed by atoms with Gasteiger partial charge >= 0.3 is 12.2 Å². The van der Waals surface area contributed by atoms with E-state index in [1.165, 1.54) is 27.2 Å². The molecular formula is C28H38N2O4. The van der Waals surface area contributed by atoms with E-state index in [0.717, 1.165) is 38.5 Å². The predicted octanol–water partition coefficient (Wildman–Crippen LogP) is 6.64. The Morgan fingerprint density at radius 3 is 2.03 bits per heavy atom. The van der Waals surface area contributed by atoms with E-state index in [1.807, 2.05) is 0 Å². The largest absolute Gasteiger partial charge is 0.465 e. The van der Waals surface area contributed by atoms with E-state index in [-0.39, 0.29) is 13.1 Å². The second-order valence-electron chi connectivity index (χ2n) is 9.98. The van der Waals surface area contributed by atoms with Crippen LogP contribution in [0, 0.1) is 0 Å². The Morgan fingerprint density at radius 1 is 0.882 bits per heavy atom. The van der Waals surface area contributed by atoms with Crippen molar-refractivity contribution >= 4 is 12.2 Å². The van der Waals surface area contributed by atoms with Crippen LogP contribution in [0.2, 0.25) is 0 Å². The fraction of sp³-hybridized carbons (Fsp3) is 0.500. The average Bonchev–Trinajstić information content (AvgIpc) is 3.10. The molecule has 2 amide bonds. The van der Waals surface area contributed by atoms with Gasteiger partial charge in [0.05, 0.1) is 0 Å². The number of ether oxygens (including phenoxy) is 1. The first-order valence-corrected chi connectivity index (χ1v) is 12.4. The van der Waals surface area contributed by atoms with Crippen LogP contribution in [0.25, 0.3) is 11.1 Å². The highest BCUT2D eigenvalue weighted by Gasteiger charge is 2.27. The van der Waals surface area contributed by atoms with Gasteiger partial charge in [0.25, 0.3) is 0 Å². The van der Waals surface area contributed by atoms with Crippen molar-refractivity contribution in [3.63, 3.8) is 0 Å². The summed E-state index contributed by atoms with van der Waals surface area (Å²) in [4.78, 5) is 24.6. The molecular weight excluding hydrogens is 428 g/mol. The summed E-state index contributed by atoms with van der Waals surface area (Å²) in [6.07, 6.45) is 4.90. The summed E-state index contributed by atoms with van der Waals surface area (Å²) in [6.45, 7) is 6.36. The molecule has 34 heavy (non-hydrogen) atoms. The monoisotopic (exact) mass is 466 g/mol. The molecule has 0 saturated carbocycles. The molecule has 1 aliphatic carbocycles. The summed E-state index contributed by atoms with van der Waals surface area (Å²) >= 11 is 0. The molecule has 0 radical (unpaired) electrons. The number of carboxylic acid groups (broad SMARTS) is 1. The quantitative estimate of drug-likeness (QED) is 0.364. The zero-order valence-electron chi connectivity index (χ0n) is 20.7. The van der Waals surface area contributed by atoms with Gasteiger partial charge in [-0.25, -0.2) is 9.59 Å². The Balaban J connectivity index is 1.33. The normalized spacial score (nSPS) is 12.7. The lowest BCUT2D eigenvalue weighted by molar-refractivity contribution is 0.0520. The van der Waals surface area contributed by atoms with Crippen molar-refractivity contribution < 1.29 is 19.4 Å². The molecule has 6 heteroatoms. The van der Waals surface area contributed by atoms with Gasteiger partial charge in [-0.1, -0.05) is 74.2 Å². The fourth-order valence-corrected chi connectivity index (χ4v) is 4.66. The van der Waals surface area contributed by atoms with Crippen LogP contribution in [0.5, 0.6) is 0 Å². The van der Waals surface area contributed by atoms with Gasteiger partial charge in [-0.05, 0) is 55.9 Å². The van der Waals surface area contributed by atoms with Crippen LogP contribution in [0.15, 0.2) is 48.5 Å². The number of nitrogens with one attached hydrogen (secondary N) is 1. The lowest BCUT2D eigenvalue weighted by Crippen LogP contribution is -2.40. The number of amides is 2. The number of carbonyl (C=O) groups is 2. The summed E-state index contributed by atoms with van der Waals surface area (Å²) in [5, 5.41) is 12.0. The predicted molar refractivity (Wildman–Crippen MR) is 135 cm³/mol. The first-order valence-electron chi connectivity index (χ1n) is 12.4. The summed E-state index contributed by atoms with van der Waals surface area (Å²) in [5.74, 6) is 0.479. The van der Waals surface area contributed by atoms with Crippen molar-refractivity contribution in [2.45, 2.75) is 70.8 Å². The third-order valence-corrected chi connectivity index (χ3v) is 6.20. The van der Waals surface area contributed by atoms with Gasteiger partial charge in [0, 0.05) is 25.6 Å². The first-order chi connectivity index (χ1) is 16.3. The molecule has 0 aromatic heterocycles. The molecule has 1 aliphatic rings. The van der Waals surface area contributed by atoms with E-state index in [1.54, 1.807) is 20.8 Å². The highest BCUT2D eigenvalue weighted by molar-refractivity contribution is 5.78. The van der Waals surface area contributed by atoms with Gasteiger partial charge in [0.15, 0.2) is 0 Å². The molecule has 0 saturated heterocycles. The maximum atomic E-state index is 11.7. The average molecular weight is 467 g/mol. The van der Waals surface area contributed by atoms with Gasteiger partial charge in [-0.15, -0.1) is 0 Å². The minimum atomic E-state index is -0.954. The van der Waals surface area contributed by atoms with Crippen LogP contribution in [-0.4, -0.2) is 47.4 Å². The molecule has 2 aromatic rings. The third kappa shape index (κ3) is 7.24. The second-order valence-corrected chi connectivity index (χ2v) is 9.98.